The summed E-state index contributed by atoms with van der Waals surface area (Å²) >= 11 is 0. The maximum absolute atomic E-state index is 13.0. The summed E-state index contributed by atoms with van der Waals surface area (Å²) in [6.07, 6.45) is -6.21. The van der Waals surface area contributed by atoms with Gasteiger partial charge in [-0.25, -0.2) is 9.97 Å². The van der Waals surface area contributed by atoms with E-state index in [0.29, 0.717) is 12.1 Å². The third-order valence-electron chi connectivity index (χ3n) is 3.96. The molecule has 1 unspecified atom stereocenters. The molecule has 0 aliphatic heterocycles. The SMILES string of the molecule is CC(NC(=O)c1cc(C(F)(F)F)cc(C(F)(F)F)c1)c1nccnc1-c1nc[nH]n1. The Morgan fingerprint density at radius 1 is 0.967 bits per heavy atom. The Kier molecular flexibility index (Phi) is 5.46. The smallest absolute Gasteiger partial charge is 0.344 e. The molecule has 3 rings (SSSR count). The Morgan fingerprint density at radius 3 is 2.10 bits per heavy atom. The van der Waals surface area contributed by atoms with Crippen molar-refractivity contribution in [2.45, 2.75) is 25.3 Å². The second-order valence-electron chi connectivity index (χ2n) is 6.10. The van der Waals surface area contributed by atoms with Crippen molar-refractivity contribution in [1.29, 1.82) is 0 Å². The first-order valence-electron chi connectivity index (χ1n) is 8.24. The highest BCUT2D eigenvalue weighted by molar-refractivity contribution is 5.95. The number of hydrogen-bond acceptors (Lipinski definition) is 5. The predicted octanol–water partition coefficient (Wildman–Crippen LogP) is 3.79. The molecule has 0 saturated carbocycles. The third-order valence-corrected chi connectivity index (χ3v) is 3.96. The van der Waals surface area contributed by atoms with Gasteiger partial charge in [0.15, 0.2) is 0 Å². The number of alkyl halides is 6. The Hall–Kier alpha value is -3.51. The first-order chi connectivity index (χ1) is 14.0. The fraction of sp³-hybridized carbons (Fsp3) is 0.235. The number of rotatable bonds is 4. The number of carbonyl (C=O) groups excluding carboxylic acids is 1. The standard InChI is InChI=1S/C17H12F6N6O/c1-8(12-13(25-3-2-24-12)14-26-7-27-29-14)28-15(30)9-4-10(16(18,19)20)6-11(5-9)17(21,22)23/h2-8H,1H3,(H,28,30)(H,26,27,29). The molecule has 158 valence electrons. The van der Waals surface area contributed by atoms with Crippen LogP contribution < -0.4 is 5.32 Å². The van der Waals surface area contributed by atoms with Gasteiger partial charge in [0.25, 0.3) is 5.91 Å². The second kappa shape index (κ2) is 7.72. The van der Waals surface area contributed by atoms with Crippen molar-refractivity contribution < 1.29 is 31.1 Å². The van der Waals surface area contributed by atoms with Gasteiger partial charge in [-0.1, -0.05) is 0 Å². The normalized spacial score (nSPS) is 13.2. The maximum atomic E-state index is 13.0. The van der Waals surface area contributed by atoms with E-state index in [1.54, 1.807) is 0 Å². The molecule has 30 heavy (non-hydrogen) atoms. The molecule has 0 radical (unpaired) electrons. The molecular formula is C17H12F6N6O. The van der Waals surface area contributed by atoms with E-state index in [9.17, 15) is 31.1 Å². The first-order valence-corrected chi connectivity index (χ1v) is 8.24. The molecule has 2 heterocycles. The zero-order valence-electron chi connectivity index (χ0n) is 15.0. The lowest BCUT2D eigenvalue weighted by molar-refractivity contribution is -0.143. The lowest BCUT2D eigenvalue weighted by Gasteiger charge is -2.17. The van der Waals surface area contributed by atoms with Gasteiger partial charge in [0.2, 0.25) is 5.82 Å². The van der Waals surface area contributed by atoms with Crippen LogP contribution in [0.5, 0.6) is 0 Å². The lowest BCUT2D eigenvalue weighted by atomic mass is 10.0. The van der Waals surface area contributed by atoms with E-state index >= 15 is 0 Å². The van der Waals surface area contributed by atoms with Crippen molar-refractivity contribution >= 4 is 5.91 Å². The van der Waals surface area contributed by atoms with Gasteiger partial charge >= 0.3 is 12.4 Å². The average Bonchev–Trinajstić information content (AvgIpc) is 3.21. The van der Waals surface area contributed by atoms with Crippen molar-refractivity contribution in [3.63, 3.8) is 0 Å². The summed E-state index contributed by atoms with van der Waals surface area (Å²) in [5.74, 6) is -0.997. The second-order valence-corrected chi connectivity index (χ2v) is 6.10. The molecule has 0 fully saturated rings. The minimum Gasteiger partial charge on any atom is -0.344 e. The molecule has 1 atom stereocenters. The molecular weight excluding hydrogens is 418 g/mol. The van der Waals surface area contributed by atoms with Crippen LogP contribution in [-0.2, 0) is 12.4 Å². The van der Waals surface area contributed by atoms with Crippen molar-refractivity contribution in [1.82, 2.24) is 30.5 Å². The largest absolute Gasteiger partial charge is 0.416 e. The van der Waals surface area contributed by atoms with Gasteiger partial charge in [0.05, 0.1) is 22.9 Å². The number of halogens is 6. The van der Waals surface area contributed by atoms with E-state index in [1.165, 1.54) is 25.6 Å². The van der Waals surface area contributed by atoms with Crippen LogP contribution in [0, 0.1) is 0 Å². The number of H-pyrrole nitrogens is 1. The van der Waals surface area contributed by atoms with E-state index in [2.05, 4.69) is 30.5 Å². The van der Waals surface area contributed by atoms with Gasteiger partial charge in [-0.3, -0.25) is 14.9 Å². The van der Waals surface area contributed by atoms with Crippen LogP contribution in [0.3, 0.4) is 0 Å². The van der Waals surface area contributed by atoms with E-state index in [1.807, 2.05) is 0 Å². The van der Waals surface area contributed by atoms with Crippen molar-refractivity contribution in [2.24, 2.45) is 0 Å². The van der Waals surface area contributed by atoms with Crippen LogP contribution in [0.25, 0.3) is 11.5 Å². The number of benzene rings is 1. The zero-order chi connectivity index (χ0) is 22.1. The van der Waals surface area contributed by atoms with Gasteiger partial charge in [-0.05, 0) is 25.1 Å². The van der Waals surface area contributed by atoms with Crippen LogP contribution in [0.4, 0.5) is 26.3 Å². The van der Waals surface area contributed by atoms with Crippen LogP contribution in [-0.4, -0.2) is 31.1 Å². The molecule has 3 aromatic rings. The summed E-state index contributed by atoms with van der Waals surface area (Å²) in [4.78, 5) is 24.5. The van der Waals surface area contributed by atoms with Crippen LogP contribution in [0.15, 0.2) is 36.9 Å². The molecule has 2 N–H and O–H groups in total. The lowest BCUT2D eigenvalue weighted by Crippen LogP contribution is -2.28. The predicted molar refractivity (Wildman–Crippen MR) is 89.7 cm³/mol. The topological polar surface area (TPSA) is 96.5 Å². The summed E-state index contributed by atoms with van der Waals surface area (Å²) < 4.78 is 78.0. The minimum atomic E-state index is -5.06. The van der Waals surface area contributed by atoms with Crippen molar-refractivity contribution in [3.05, 3.63) is 59.3 Å². The Bertz CT molecular complexity index is 1020. The highest BCUT2D eigenvalue weighted by Crippen LogP contribution is 2.36. The molecule has 0 saturated heterocycles. The van der Waals surface area contributed by atoms with E-state index in [4.69, 9.17) is 0 Å². The summed E-state index contributed by atoms with van der Waals surface area (Å²) in [6, 6.07) is -0.276. The fourth-order valence-corrected chi connectivity index (χ4v) is 2.60. The van der Waals surface area contributed by atoms with Gasteiger partial charge in [-0.2, -0.15) is 31.4 Å². The number of hydrogen-bond donors (Lipinski definition) is 2. The fourth-order valence-electron chi connectivity index (χ4n) is 2.60. The number of nitrogens with zero attached hydrogens (tertiary/aromatic N) is 4. The molecule has 1 aromatic carbocycles. The minimum absolute atomic E-state index is 0.0514. The summed E-state index contributed by atoms with van der Waals surface area (Å²) in [7, 11) is 0. The number of aromatic amines is 1. The highest BCUT2D eigenvalue weighted by Gasteiger charge is 2.37. The monoisotopic (exact) mass is 430 g/mol. The quantitative estimate of drug-likeness (QED) is 0.614. The Labute approximate surface area is 164 Å². The van der Waals surface area contributed by atoms with Crippen molar-refractivity contribution in [2.75, 3.05) is 0 Å². The average molecular weight is 430 g/mol. The molecule has 1 amide bonds. The highest BCUT2D eigenvalue weighted by atomic mass is 19.4. The molecule has 0 bridgehead atoms. The number of nitrogens with one attached hydrogen (secondary N) is 2. The van der Waals surface area contributed by atoms with Gasteiger partial charge in [0.1, 0.15) is 12.0 Å². The number of carbonyl (C=O) groups is 1. The summed E-state index contributed by atoms with van der Waals surface area (Å²) in [5.41, 5.74) is -3.61. The maximum Gasteiger partial charge on any atom is 0.416 e. The van der Waals surface area contributed by atoms with Gasteiger partial charge in [-0.15, -0.1) is 0 Å². The van der Waals surface area contributed by atoms with Gasteiger partial charge in [0, 0.05) is 18.0 Å². The van der Waals surface area contributed by atoms with E-state index in [-0.39, 0.29) is 23.3 Å². The molecule has 0 aliphatic carbocycles. The third kappa shape index (κ3) is 4.55. The van der Waals surface area contributed by atoms with Crippen molar-refractivity contribution in [3.8, 4) is 11.5 Å². The molecule has 13 heteroatoms. The van der Waals surface area contributed by atoms with Crippen LogP contribution >= 0.6 is 0 Å². The number of amides is 1. The molecule has 0 aliphatic rings. The summed E-state index contributed by atoms with van der Waals surface area (Å²) in [5, 5.41) is 8.65. The molecule has 0 spiro atoms. The number of aromatic nitrogens is 5. The Morgan fingerprint density at radius 2 is 1.57 bits per heavy atom. The van der Waals surface area contributed by atoms with Gasteiger partial charge < -0.3 is 5.32 Å². The van der Waals surface area contributed by atoms with E-state index < -0.39 is 41.0 Å². The first kappa shape index (κ1) is 21.2. The van der Waals surface area contributed by atoms with E-state index in [0.717, 1.165) is 0 Å². The zero-order valence-corrected chi connectivity index (χ0v) is 15.0. The Balaban J connectivity index is 1.93. The molecule has 2 aromatic heterocycles. The van der Waals surface area contributed by atoms with Crippen LogP contribution in [0.1, 0.15) is 40.1 Å². The summed E-state index contributed by atoms with van der Waals surface area (Å²) in [6.45, 7) is 1.44. The molecule has 7 nitrogen and oxygen atoms in total. The van der Waals surface area contributed by atoms with Crippen LogP contribution in [0.2, 0.25) is 0 Å².